The van der Waals surface area contributed by atoms with Crippen molar-refractivity contribution >= 4 is 28.5 Å². The number of carbonyl (C=O) groups excluding carboxylic acids is 1. The number of fused-ring (bicyclic) bond motifs is 1. The molecule has 0 radical (unpaired) electrons. The average Bonchev–Trinajstić information content (AvgIpc) is 2.54. The minimum absolute atomic E-state index is 0.199. The fraction of sp³-hybridized carbons (Fsp3) is 0.158. The van der Waals surface area contributed by atoms with E-state index in [0.29, 0.717) is 21.7 Å². The van der Waals surface area contributed by atoms with Crippen LogP contribution in [0, 0.1) is 13.8 Å². The van der Waals surface area contributed by atoms with Crippen LogP contribution in [0.5, 0.6) is 0 Å². The molecule has 1 aromatic heterocycles. The predicted molar refractivity (Wildman–Crippen MR) is 94.6 cm³/mol. The highest BCUT2D eigenvalue weighted by Crippen LogP contribution is 2.25. The number of nitrogens with one attached hydrogen (secondary N) is 1. The first kappa shape index (κ1) is 16.3. The third-order valence-electron chi connectivity index (χ3n) is 3.86. The first-order valence-corrected chi connectivity index (χ1v) is 7.89. The van der Waals surface area contributed by atoms with Crippen LogP contribution in [0.3, 0.4) is 0 Å². The second-order valence-corrected chi connectivity index (χ2v) is 6.14. The second-order valence-electron chi connectivity index (χ2n) is 5.74. The van der Waals surface area contributed by atoms with E-state index < -0.39 is 5.63 Å². The number of hydrogen-bond donors (Lipinski definition) is 1. The number of carbonyl (C=O) groups is 1. The minimum Gasteiger partial charge on any atom is -0.423 e. The number of halogens is 1. The van der Waals surface area contributed by atoms with Gasteiger partial charge in [-0.25, -0.2) is 4.79 Å². The highest BCUT2D eigenvalue weighted by Gasteiger charge is 2.10. The fourth-order valence-corrected chi connectivity index (χ4v) is 2.64. The Kier molecular flexibility index (Phi) is 4.40. The van der Waals surface area contributed by atoms with Crippen LogP contribution in [0.25, 0.3) is 11.0 Å². The molecule has 0 saturated carbocycles. The average molecular weight is 342 g/mol. The molecular weight excluding hydrogens is 326 g/mol. The Bertz CT molecular complexity index is 974. The molecule has 3 aromatic rings. The summed E-state index contributed by atoms with van der Waals surface area (Å²) in [4.78, 5) is 24.0. The Hall–Kier alpha value is -2.59. The molecular formula is C19H16ClNO3. The van der Waals surface area contributed by atoms with Crippen molar-refractivity contribution in [2.75, 3.05) is 0 Å². The molecule has 5 heteroatoms. The lowest BCUT2D eigenvalue weighted by atomic mass is 10.1. The van der Waals surface area contributed by atoms with Crippen LogP contribution >= 0.6 is 11.6 Å². The van der Waals surface area contributed by atoms with E-state index in [0.717, 1.165) is 16.5 Å². The van der Waals surface area contributed by atoms with Crippen molar-refractivity contribution in [3.05, 3.63) is 80.2 Å². The van der Waals surface area contributed by atoms with Crippen LogP contribution in [-0.4, -0.2) is 5.91 Å². The first-order valence-electron chi connectivity index (χ1n) is 7.52. The van der Waals surface area contributed by atoms with E-state index in [1.165, 1.54) is 6.07 Å². The molecule has 24 heavy (non-hydrogen) atoms. The molecule has 2 aromatic carbocycles. The lowest BCUT2D eigenvalue weighted by Crippen LogP contribution is -2.23. The topological polar surface area (TPSA) is 59.3 Å². The van der Waals surface area contributed by atoms with Crippen molar-refractivity contribution in [3.63, 3.8) is 0 Å². The molecule has 122 valence electrons. The smallest absolute Gasteiger partial charge is 0.336 e. The van der Waals surface area contributed by atoms with Gasteiger partial charge >= 0.3 is 5.63 Å². The van der Waals surface area contributed by atoms with Crippen molar-refractivity contribution in [2.45, 2.75) is 20.4 Å². The number of benzene rings is 2. The van der Waals surface area contributed by atoms with E-state index in [9.17, 15) is 9.59 Å². The van der Waals surface area contributed by atoms with Crippen LogP contribution in [0.4, 0.5) is 0 Å². The molecule has 4 nitrogen and oxygen atoms in total. The Morgan fingerprint density at radius 1 is 1.12 bits per heavy atom. The summed E-state index contributed by atoms with van der Waals surface area (Å²) < 4.78 is 5.22. The van der Waals surface area contributed by atoms with E-state index in [1.807, 2.05) is 26.0 Å². The minimum atomic E-state index is -0.455. The van der Waals surface area contributed by atoms with Crippen LogP contribution in [0.15, 0.2) is 51.7 Å². The summed E-state index contributed by atoms with van der Waals surface area (Å²) in [5.74, 6) is -0.199. The van der Waals surface area contributed by atoms with Gasteiger partial charge in [0.05, 0.1) is 0 Å². The van der Waals surface area contributed by atoms with E-state index in [4.69, 9.17) is 16.0 Å². The molecule has 0 aliphatic rings. The van der Waals surface area contributed by atoms with Crippen LogP contribution in [0.1, 0.15) is 27.0 Å². The number of aryl methyl sites for hydroxylation is 2. The zero-order valence-corrected chi connectivity index (χ0v) is 14.1. The van der Waals surface area contributed by atoms with Gasteiger partial charge in [0.15, 0.2) is 0 Å². The van der Waals surface area contributed by atoms with Crippen molar-refractivity contribution in [2.24, 2.45) is 0 Å². The summed E-state index contributed by atoms with van der Waals surface area (Å²) in [6, 6.07) is 12.1. The molecule has 0 saturated heterocycles. The maximum absolute atomic E-state index is 12.2. The van der Waals surface area contributed by atoms with Gasteiger partial charge in [-0.3, -0.25) is 4.79 Å². The highest BCUT2D eigenvalue weighted by molar-refractivity contribution is 6.32. The van der Waals surface area contributed by atoms with Gasteiger partial charge in [-0.2, -0.15) is 0 Å². The number of hydrogen-bond acceptors (Lipinski definition) is 3. The van der Waals surface area contributed by atoms with Crippen LogP contribution in [0.2, 0.25) is 5.02 Å². The zero-order valence-electron chi connectivity index (χ0n) is 13.4. The highest BCUT2D eigenvalue weighted by atomic mass is 35.5. The van der Waals surface area contributed by atoms with E-state index in [1.54, 1.807) is 24.3 Å². The predicted octanol–water partition coefficient (Wildman–Crippen LogP) is 3.99. The third kappa shape index (κ3) is 3.34. The maximum atomic E-state index is 12.2. The van der Waals surface area contributed by atoms with Crippen LogP contribution in [-0.2, 0) is 6.54 Å². The maximum Gasteiger partial charge on any atom is 0.336 e. The van der Waals surface area contributed by atoms with E-state index in [-0.39, 0.29) is 12.5 Å². The van der Waals surface area contributed by atoms with E-state index >= 15 is 0 Å². The standard InChI is InChI=1S/C19H16ClNO3/c1-11-3-5-13(6-4-11)19(23)21-10-14-8-18(22)24-17-7-12(2)16(20)9-15(14)17/h3-9H,10H2,1-2H3,(H,21,23). The SMILES string of the molecule is Cc1ccc(C(=O)NCc2cc(=O)oc3cc(C)c(Cl)cc23)cc1. The summed E-state index contributed by atoms with van der Waals surface area (Å²) in [5, 5.41) is 4.13. The van der Waals surface area contributed by atoms with Gasteiger partial charge in [0.25, 0.3) is 5.91 Å². The van der Waals surface area contributed by atoms with Gasteiger partial charge in [-0.05, 0) is 49.2 Å². The molecule has 0 atom stereocenters. The molecule has 0 spiro atoms. The quantitative estimate of drug-likeness (QED) is 0.733. The van der Waals surface area contributed by atoms with Crippen molar-refractivity contribution in [1.29, 1.82) is 0 Å². The molecule has 0 bridgehead atoms. The summed E-state index contributed by atoms with van der Waals surface area (Å²) in [6.45, 7) is 4.02. The Morgan fingerprint density at radius 2 is 1.83 bits per heavy atom. The molecule has 0 fully saturated rings. The Balaban J connectivity index is 1.89. The van der Waals surface area contributed by atoms with Gasteiger partial charge in [-0.1, -0.05) is 29.3 Å². The van der Waals surface area contributed by atoms with Crippen molar-refractivity contribution in [3.8, 4) is 0 Å². The monoisotopic (exact) mass is 341 g/mol. The molecule has 0 aliphatic carbocycles. The molecule has 1 amide bonds. The molecule has 0 unspecified atom stereocenters. The van der Waals surface area contributed by atoms with E-state index in [2.05, 4.69) is 5.32 Å². The fourth-order valence-electron chi connectivity index (χ4n) is 2.48. The van der Waals surface area contributed by atoms with Gasteiger partial charge in [0.2, 0.25) is 0 Å². The van der Waals surface area contributed by atoms with Gasteiger partial charge in [0.1, 0.15) is 5.58 Å². The summed E-state index contributed by atoms with van der Waals surface area (Å²) >= 11 is 6.17. The van der Waals surface area contributed by atoms with Crippen LogP contribution < -0.4 is 10.9 Å². The summed E-state index contributed by atoms with van der Waals surface area (Å²) in [6.07, 6.45) is 0. The van der Waals surface area contributed by atoms with Gasteiger partial charge < -0.3 is 9.73 Å². The summed E-state index contributed by atoms with van der Waals surface area (Å²) in [7, 11) is 0. The molecule has 1 N–H and O–H groups in total. The number of rotatable bonds is 3. The Labute approximate surface area is 144 Å². The molecule has 3 rings (SSSR count). The zero-order chi connectivity index (χ0) is 17.3. The summed E-state index contributed by atoms with van der Waals surface area (Å²) in [5.41, 5.74) is 3.16. The van der Waals surface area contributed by atoms with Crippen molar-refractivity contribution in [1.82, 2.24) is 5.32 Å². The van der Waals surface area contributed by atoms with Crippen molar-refractivity contribution < 1.29 is 9.21 Å². The first-order chi connectivity index (χ1) is 11.4. The Morgan fingerprint density at radius 3 is 2.54 bits per heavy atom. The lowest BCUT2D eigenvalue weighted by Gasteiger charge is -2.09. The third-order valence-corrected chi connectivity index (χ3v) is 4.27. The normalized spacial score (nSPS) is 10.8. The molecule has 0 aliphatic heterocycles. The van der Waals surface area contributed by atoms with Gasteiger partial charge in [-0.15, -0.1) is 0 Å². The lowest BCUT2D eigenvalue weighted by molar-refractivity contribution is 0.0951. The largest absolute Gasteiger partial charge is 0.423 e. The molecule has 1 heterocycles. The second kappa shape index (κ2) is 6.49. The van der Waals surface area contributed by atoms with Gasteiger partial charge in [0, 0.05) is 28.6 Å². The number of amides is 1.